The molecule has 2 heterocycles. The maximum Gasteiger partial charge on any atom is 0.287 e. The monoisotopic (exact) mass is 373 g/mol. The first-order chi connectivity index (χ1) is 13.7. The summed E-state index contributed by atoms with van der Waals surface area (Å²) in [7, 11) is 1.89. The van der Waals surface area contributed by atoms with Crippen LogP contribution >= 0.6 is 0 Å². The van der Waals surface area contributed by atoms with Crippen molar-refractivity contribution in [3.8, 4) is 0 Å². The molecule has 1 aliphatic carbocycles. The minimum absolute atomic E-state index is 0.103. The Morgan fingerprint density at radius 1 is 1.07 bits per heavy atom. The molecule has 0 spiro atoms. The number of aryl methyl sites for hydroxylation is 1. The Balaban J connectivity index is 1.33. The van der Waals surface area contributed by atoms with Gasteiger partial charge in [-0.15, -0.1) is 0 Å². The van der Waals surface area contributed by atoms with Gasteiger partial charge < -0.3 is 14.9 Å². The molecule has 6 nitrogen and oxygen atoms in total. The van der Waals surface area contributed by atoms with Crippen molar-refractivity contribution in [3.63, 3.8) is 0 Å². The molecule has 6 heteroatoms. The summed E-state index contributed by atoms with van der Waals surface area (Å²) < 4.78 is 1.87. The quantitative estimate of drug-likeness (QED) is 0.572. The smallest absolute Gasteiger partial charge is 0.287 e. The van der Waals surface area contributed by atoms with Crippen molar-refractivity contribution in [3.05, 3.63) is 60.2 Å². The molecule has 2 atom stereocenters. The number of imidazole rings is 2. The summed E-state index contributed by atoms with van der Waals surface area (Å²) in [6.07, 6.45) is 4.07. The van der Waals surface area contributed by atoms with Crippen LogP contribution in [0.5, 0.6) is 0 Å². The van der Waals surface area contributed by atoms with Crippen LogP contribution in [0.4, 0.5) is 0 Å². The second kappa shape index (κ2) is 6.78. The van der Waals surface area contributed by atoms with Crippen molar-refractivity contribution in [2.45, 2.75) is 37.6 Å². The Morgan fingerprint density at radius 2 is 1.86 bits per heavy atom. The summed E-state index contributed by atoms with van der Waals surface area (Å²) in [5, 5.41) is 3.21. The standard InChI is InChI=1S/C22H23N5O/c1-27-19-12-5-4-11-18(19)26-21(27)22(28)23-15-8-6-7-14(13-15)20-24-16-9-2-3-10-17(16)25-20/h2-5,9-12,14-15H,6-8,13H2,1H3,(H,23,28)(H,24,25)/t14-,15+/m0/s1. The van der Waals surface area contributed by atoms with Crippen molar-refractivity contribution in [2.75, 3.05) is 0 Å². The first-order valence-corrected chi connectivity index (χ1v) is 9.86. The van der Waals surface area contributed by atoms with E-state index in [1.165, 1.54) is 0 Å². The largest absolute Gasteiger partial charge is 0.347 e. The second-order valence-corrected chi connectivity index (χ2v) is 7.66. The molecule has 0 bridgehead atoms. The summed E-state index contributed by atoms with van der Waals surface area (Å²) in [4.78, 5) is 25.6. The maximum atomic E-state index is 12.9. The third kappa shape index (κ3) is 2.95. The van der Waals surface area contributed by atoms with Crippen LogP contribution in [0, 0.1) is 0 Å². The van der Waals surface area contributed by atoms with Gasteiger partial charge in [-0.3, -0.25) is 4.79 Å². The number of hydrogen-bond donors (Lipinski definition) is 2. The molecule has 0 radical (unpaired) electrons. The Bertz CT molecular complexity index is 1130. The number of aromatic nitrogens is 4. The predicted molar refractivity (Wildman–Crippen MR) is 109 cm³/mol. The number of hydrogen-bond acceptors (Lipinski definition) is 3. The van der Waals surface area contributed by atoms with E-state index in [0.717, 1.165) is 53.6 Å². The number of H-pyrrole nitrogens is 1. The second-order valence-electron chi connectivity index (χ2n) is 7.66. The molecule has 0 aliphatic heterocycles. The third-order valence-electron chi connectivity index (χ3n) is 5.79. The number of carbonyl (C=O) groups excluding carboxylic acids is 1. The lowest BCUT2D eigenvalue weighted by molar-refractivity contribution is 0.0911. The van der Waals surface area contributed by atoms with E-state index in [1.54, 1.807) is 0 Å². The van der Waals surface area contributed by atoms with E-state index in [4.69, 9.17) is 4.98 Å². The fourth-order valence-corrected chi connectivity index (χ4v) is 4.33. The number of benzene rings is 2. The van der Waals surface area contributed by atoms with Crippen LogP contribution in [0.25, 0.3) is 22.1 Å². The number of rotatable bonds is 3. The number of nitrogens with zero attached hydrogens (tertiary/aromatic N) is 3. The lowest BCUT2D eigenvalue weighted by Crippen LogP contribution is -2.39. The van der Waals surface area contributed by atoms with Gasteiger partial charge in [-0.25, -0.2) is 9.97 Å². The molecule has 5 rings (SSSR count). The minimum atomic E-state index is -0.103. The average molecular weight is 373 g/mol. The SMILES string of the molecule is Cn1c(C(=O)N[C@@H]2CCC[C@H](c3nc4ccccc4[nH]3)C2)nc2ccccc21. The van der Waals surface area contributed by atoms with Crippen molar-refractivity contribution in [1.82, 2.24) is 24.8 Å². The van der Waals surface area contributed by atoms with Gasteiger partial charge in [-0.05, 0) is 43.5 Å². The normalized spacial score (nSPS) is 19.9. The van der Waals surface area contributed by atoms with Crippen LogP contribution in [0.2, 0.25) is 0 Å². The summed E-state index contributed by atoms with van der Waals surface area (Å²) in [5.74, 6) is 1.73. The Morgan fingerprint density at radius 3 is 2.68 bits per heavy atom. The van der Waals surface area contributed by atoms with Crippen LogP contribution in [-0.2, 0) is 7.05 Å². The summed E-state index contributed by atoms with van der Waals surface area (Å²) in [5.41, 5.74) is 3.89. The third-order valence-corrected chi connectivity index (χ3v) is 5.79. The number of aromatic amines is 1. The molecule has 0 unspecified atom stereocenters. The maximum absolute atomic E-state index is 12.9. The predicted octanol–water partition coefficient (Wildman–Crippen LogP) is 3.91. The Labute approximate surface area is 163 Å². The van der Waals surface area contributed by atoms with E-state index in [0.29, 0.717) is 11.7 Å². The topological polar surface area (TPSA) is 75.6 Å². The first-order valence-electron chi connectivity index (χ1n) is 9.86. The Hall–Kier alpha value is -3.15. The molecular formula is C22H23N5O. The van der Waals surface area contributed by atoms with Crippen molar-refractivity contribution in [1.29, 1.82) is 0 Å². The van der Waals surface area contributed by atoms with Crippen LogP contribution in [0.1, 0.15) is 48.0 Å². The fourth-order valence-electron chi connectivity index (χ4n) is 4.33. The van der Waals surface area contributed by atoms with E-state index in [2.05, 4.69) is 21.4 Å². The van der Waals surface area contributed by atoms with E-state index in [-0.39, 0.29) is 11.9 Å². The average Bonchev–Trinajstić information content (AvgIpc) is 3.30. The van der Waals surface area contributed by atoms with Gasteiger partial charge in [-0.2, -0.15) is 0 Å². The highest BCUT2D eigenvalue weighted by Crippen LogP contribution is 2.32. The summed E-state index contributed by atoms with van der Waals surface area (Å²) >= 11 is 0. The van der Waals surface area contributed by atoms with Crippen molar-refractivity contribution in [2.24, 2.45) is 7.05 Å². The van der Waals surface area contributed by atoms with Gasteiger partial charge >= 0.3 is 0 Å². The number of fused-ring (bicyclic) bond motifs is 2. The zero-order valence-corrected chi connectivity index (χ0v) is 15.9. The number of para-hydroxylation sites is 4. The molecule has 2 aromatic heterocycles. The molecule has 2 N–H and O–H groups in total. The zero-order valence-electron chi connectivity index (χ0n) is 15.9. The molecule has 1 amide bonds. The molecule has 142 valence electrons. The number of nitrogens with one attached hydrogen (secondary N) is 2. The summed E-state index contributed by atoms with van der Waals surface area (Å²) in [6.45, 7) is 0. The molecule has 2 aromatic carbocycles. The van der Waals surface area contributed by atoms with E-state index >= 15 is 0 Å². The number of carbonyl (C=O) groups is 1. The lowest BCUT2D eigenvalue weighted by Gasteiger charge is -2.28. The van der Waals surface area contributed by atoms with Gasteiger partial charge in [0, 0.05) is 19.0 Å². The highest BCUT2D eigenvalue weighted by atomic mass is 16.2. The van der Waals surface area contributed by atoms with Crippen LogP contribution in [-0.4, -0.2) is 31.5 Å². The van der Waals surface area contributed by atoms with Gasteiger partial charge in [0.1, 0.15) is 5.82 Å². The van der Waals surface area contributed by atoms with E-state index in [9.17, 15) is 4.79 Å². The summed E-state index contributed by atoms with van der Waals surface area (Å²) in [6, 6.07) is 16.1. The number of amides is 1. The van der Waals surface area contributed by atoms with E-state index in [1.807, 2.05) is 54.1 Å². The van der Waals surface area contributed by atoms with E-state index < -0.39 is 0 Å². The zero-order chi connectivity index (χ0) is 19.1. The fraction of sp³-hybridized carbons (Fsp3) is 0.318. The van der Waals surface area contributed by atoms with Gasteiger partial charge in [0.15, 0.2) is 5.82 Å². The minimum Gasteiger partial charge on any atom is -0.347 e. The highest BCUT2D eigenvalue weighted by Gasteiger charge is 2.27. The first kappa shape index (κ1) is 17.0. The van der Waals surface area contributed by atoms with Gasteiger partial charge in [-0.1, -0.05) is 30.7 Å². The highest BCUT2D eigenvalue weighted by molar-refractivity contribution is 5.95. The van der Waals surface area contributed by atoms with Crippen LogP contribution < -0.4 is 5.32 Å². The lowest BCUT2D eigenvalue weighted by atomic mass is 9.85. The van der Waals surface area contributed by atoms with Gasteiger partial charge in [0.25, 0.3) is 5.91 Å². The molecule has 28 heavy (non-hydrogen) atoms. The molecule has 0 saturated heterocycles. The van der Waals surface area contributed by atoms with Crippen molar-refractivity contribution < 1.29 is 4.79 Å². The molecule has 1 fully saturated rings. The van der Waals surface area contributed by atoms with Gasteiger partial charge in [0.05, 0.1) is 22.1 Å². The molecule has 1 saturated carbocycles. The van der Waals surface area contributed by atoms with Crippen molar-refractivity contribution >= 4 is 28.0 Å². The van der Waals surface area contributed by atoms with Crippen LogP contribution in [0.3, 0.4) is 0 Å². The molecular weight excluding hydrogens is 350 g/mol. The molecule has 4 aromatic rings. The molecule has 1 aliphatic rings. The van der Waals surface area contributed by atoms with Crippen LogP contribution in [0.15, 0.2) is 48.5 Å². The Kier molecular flexibility index (Phi) is 4.11. The van der Waals surface area contributed by atoms with Gasteiger partial charge in [0.2, 0.25) is 0 Å².